The van der Waals surface area contributed by atoms with Crippen molar-refractivity contribution in [1.29, 1.82) is 0 Å². The van der Waals surface area contributed by atoms with Gasteiger partial charge in [-0.3, -0.25) is 14.2 Å². The maximum Gasteiger partial charge on any atom is 0.267 e. The van der Waals surface area contributed by atoms with Crippen LogP contribution in [0.1, 0.15) is 32.8 Å². The zero-order valence-electron chi connectivity index (χ0n) is 18.1. The first-order valence-electron chi connectivity index (χ1n) is 11.0. The molecule has 0 saturated heterocycles. The van der Waals surface area contributed by atoms with Crippen LogP contribution >= 0.6 is 23.1 Å². The van der Waals surface area contributed by atoms with Gasteiger partial charge in [-0.15, -0.1) is 11.3 Å². The van der Waals surface area contributed by atoms with Crippen molar-refractivity contribution in [3.8, 4) is 5.69 Å². The first kappa shape index (κ1) is 20.4. The fourth-order valence-electron chi connectivity index (χ4n) is 4.66. The predicted octanol–water partition coefficient (Wildman–Crippen LogP) is 5.70. The Morgan fingerprint density at radius 3 is 2.85 bits per heavy atom. The quantitative estimate of drug-likeness (QED) is 0.203. The summed E-state index contributed by atoms with van der Waals surface area (Å²) in [5, 5.41) is 2.23. The number of nitrogens with one attached hydrogen (secondary N) is 1. The molecule has 0 bridgehead atoms. The molecule has 0 radical (unpaired) electrons. The van der Waals surface area contributed by atoms with Gasteiger partial charge < -0.3 is 4.98 Å². The second-order valence-electron chi connectivity index (χ2n) is 8.32. The summed E-state index contributed by atoms with van der Waals surface area (Å²) in [6.45, 7) is 2.00. The Hall–Kier alpha value is -3.16. The average molecular weight is 472 g/mol. The number of Topliss-reactive ketones (excluding diaryl/α,β-unsaturated/α-hetero) is 1. The number of aromatic nitrogens is 3. The van der Waals surface area contributed by atoms with Gasteiger partial charge in [0.15, 0.2) is 10.9 Å². The van der Waals surface area contributed by atoms with E-state index in [-0.39, 0.29) is 17.1 Å². The van der Waals surface area contributed by atoms with Crippen molar-refractivity contribution in [3.63, 3.8) is 0 Å². The lowest BCUT2D eigenvalue weighted by Gasteiger charge is -2.14. The van der Waals surface area contributed by atoms with Crippen LogP contribution in [0, 0.1) is 6.92 Å². The molecule has 1 aliphatic carbocycles. The first-order valence-corrected chi connectivity index (χ1v) is 12.8. The molecule has 0 saturated carbocycles. The van der Waals surface area contributed by atoms with Crippen molar-refractivity contribution in [1.82, 2.24) is 14.5 Å². The number of thiophene rings is 1. The van der Waals surface area contributed by atoms with Gasteiger partial charge in [0.05, 0.1) is 16.8 Å². The minimum Gasteiger partial charge on any atom is -0.360 e. The van der Waals surface area contributed by atoms with Crippen LogP contribution in [0.4, 0.5) is 0 Å². The highest BCUT2D eigenvalue weighted by molar-refractivity contribution is 7.99. The number of benzene rings is 2. The largest absolute Gasteiger partial charge is 0.360 e. The minimum absolute atomic E-state index is 0.0109. The van der Waals surface area contributed by atoms with Gasteiger partial charge in [0.1, 0.15) is 4.83 Å². The number of hydrogen-bond donors (Lipinski definition) is 1. The number of aromatic amines is 1. The number of rotatable bonds is 5. The van der Waals surface area contributed by atoms with E-state index in [4.69, 9.17) is 4.98 Å². The molecule has 0 atom stereocenters. The van der Waals surface area contributed by atoms with Crippen molar-refractivity contribution in [3.05, 3.63) is 86.6 Å². The van der Waals surface area contributed by atoms with Gasteiger partial charge in [-0.25, -0.2) is 4.98 Å². The summed E-state index contributed by atoms with van der Waals surface area (Å²) < 4.78 is 1.70. The molecule has 6 rings (SSSR count). The Balaban J connectivity index is 1.45. The van der Waals surface area contributed by atoms with Crippen LogP contribution in [0.25, 0.3) is 26.8 Å². The number of aryl methyl sites for hydroxylation is 3. The van der Waals surface area contributed by atoms with Gasteiger partial charge in [-0.2, -0.15) is 0 Å². The van der Waals surface area contributed by atoms with E-state index in [0.29, 0.717) is 10.7 Å². The summed E-state index contributed by atoms with van der Waals surface area (Å²) in [6, 6.07) is 15.6. The van der Waals surface area contributed by atoms with Gasteiger partial charge in [0, 0.05) is 27.5 Å². The predicted molar refractivity (Wildman–Crippen MR) is 135 cm³/mol. The molecule has 0 amide bonds. The summed E-state index contributed by atoms with van der Waals surface area (Å²) in [6.07, 6.45) is 4.81. The molecule has 0 spiro atoms. The fourth-order valence-corrected chi connectivity index (χ4v) is 6.85. The zero-order chi connectivity index (χ0) is 22.5. The zero-order valence-corrected chi connectivity index (χ0v) is 19.7. The minimum atomic E-state index is -0.0317. The lowest BCUT2D eigenvalue weighted by molar-refractivity contribution is 0.102. The molecule has 3 heterocycles. The van der Waals surface area contributed by atoms with E-state index in [1.165, 1.54) is 22.2 Å². The number of hydrogen-bond acceptors (Lipinski definition) is 5. The van der Waals surface area contributed by atoms with Crippen LogP contribution in [0.15, 0.2) is 64.7 Å². The third kappa shape index (κ3) is 3.34. The monoisotopic (exact) mass is 471 g/mol. The Bertz CT molecular complexity index is 1610. The first-order chi connectivity index (χ1) is 16.1. The Morgan fingerprint density at radius 2 is 1.97 bits per heavy atom. The van der Waals surface area contributed by atoms with Gasteiger partial charge in [-0.1, -0.05) is 48.2 Å². The number of nitrogens with zero attached hydrogens (tertiary/aromatic N) is 2. The van der Waals surface area contributed by atoms with E-state index < -0.39 is 0 Å². The molecule has 0 fully saturated rings. The van der Waals surface area contributed by atoms with Crippen LogP contribution in [0.2, 0.25) is 0 Å². The summed E-state index contributed by atoms with van der Waals surface area (Å²) in [4.78, 5) is 37.1. The molecule has 0 unspecified atom stereocenters. The molecular formula is C26H21N3O2S2. The summed E-state index contributed by atoms with van der Waals surface area (Å²) in [5.41, 5.74) is 4.56. The Morgan fingerprint density at radius 1 is 1.15 bits per heavy atom. The molecule has 7 heteroatoms. The number of H-pyrrole nitrogens is 1. The van der Waals surface area contributed by atoms with Crippen molar-refractivity contribution in [2.24, 2.45) is 0 Å². The molecule has 0 aliphatic heterocycles. The lowest BCUT2D eigenvalue weighted by Crippen LogP contribution is -2.23. The van der Waals surface area contributed by atoms with Crippen molar-refractivity contribution >= 4 is 50.0 Å². The highest BCUT2D eigenvalue weighted by Gasteiger charge is 2.25. The third-order valence-corrected chi connectivity index (χ3v) is 8.41. The maximum absolute atomic E-state index is 13.8. The summed E-state index contributed by atoms with van der Waals surface area (Å²) in [7, 11) is 0. The molecule has 1 aliphatic rings. The molecular weight excluding hydrogens is 450 g/mol. The number of carbonyl (C=O) groups is 1. The third-order valence-electron chi connectivity index (χ3n) is 6.29. The van der Waals surface area contributed by atoms with E-state index >= 15 is 0 Å². The van der Waals surface area contributed by atoms with Crippen molar-refractivity contribution in [2.75, 3.05) is 5.75 Å². The van der Waals surface area contributed by atoms with Gasteiger partial charge in [0.2, 0.25) is 0 Å². The normalized spacial score (nSPS) is 13.1. The van der Waals surface area contributed by atoms with E-state index in [1.807, 2.05) is 55.5 Å². The van der Waals surface area contributed by atoms with Crippen LogP contribution < -0.4 is 5.56 Å². The smallest absolute Gasteiger partial charge is 0.267 e. The van der Waals surface area contributed by atoms with Crippen LogP contribution in [-0.2, 0) is 12.8 Å². The lowest BCUT2D eigenvalue weighted by atomic mass is 10.1. The van der Waals surface area contributed by atoms with Gasteiger partial charge in [-0.05, 0) is 49.4 Å². The van der Waals surface area contributed by atoms with E-state index in [0.717, 1.165) is 51.6 Å². The molecule has 1 N–H and O–H groups in total. The average Bonchev–Trinajstić information content (AvgIpc) is 3.52. The Labute approximate surface area is 198 Å². The number of fused-ring (bicyclic) bond motifs is 4. The number of carbonyl (C=O) groups excluding carboxylic acids is 1. The van der Waals surface area contributed by atoms with E-state index in [2.05, 4.69) is 4.98 Å². The molecule has 3 aromatic heterocycles. The standard InChI is InChI=1S/C26H21N3O2S2/c1-15-7-2-5-11-20(15)29-25(31)23-17-9-6-12-22(17)33-24(23)28-26(29)32-14-21(30)18-13-27-19-10-4-3-8-16(18)19/h2-5,7-8,10-11,13,27H,6,9,12,14H2,1H3. The fraction of sp³-hybridized carbons (Fsp3) is 0.192. The van der Waals surface area contributed by atoms with Crippen molar-refractivity contribution in [2.45, 2.75) is 31.3 Å². The number of ketones is 1. The summed E-state index contributed by atoms with van der Waals surface area (Å²) >= 11 is 2.96. The molecule has 164 valence electrons. The highest BCUT2D eigenvalue weighted by atomic mass is 32.2. The van der Waals surface area contributed by atoms with Crippen LogP contribution in [0.5, 0.6) is 0 Å². The molecule has 2 aromatic carbocycles. The topological polar surface area (TPSA) is 67.8 Å². The van der Waals surface area contributed by atoms with Crippen molar-refractivity contribution < 1.29 is 4.79 Å². The maximum atomic E-state index is 13.8. The Kier molecular flexibility index (Phi) is 4.96. The second-order valence-corrected chi connectivity index (χ2v) is 10.3. The van der Waals surface area contributed by atoms with E-state index in [9.17, 15) is 9.59 Å². The van der Waals surface area contributed by atoms with Gasteiger partial charge in [0.25, 0.3) is 5.56 Å². The summed E-state index contributed by atoms with van der Waals surface area (Å²) in [5.74, 6) is 0.216. The van der Waals surface area contributed by atoms with Crippen LogP contribution in [0.3, 0.4) is 0 Å². The molecule has 33 heavy (non-hydrogen) atoms. The van der Waals surface area contributed by atoms with Gasteiger partial charge >= 0.3 is 0 Å². The van der Waals surface area contributed by atoms with E-state index in [1.54, 1.807) is 22.1 Å². The second kappa shape index (κ2) is 8.01. The highest BCUT2D eigenvalue weighted by Crippen LogP contribution is 2.36. The van der Waals surface area contributed by atoms with Crippen LogP contribution in [-0.4, -0.2) is 26.1 Å². The SMILES string of the molecule is Cc1ccccc1-n1c(SCC(=O)c2c[nH]c3ccccc23)nc2sc3c(c2c1=O)CCC3. The molecule has 5 nitrogen and oxygen atoms in total. The molecule has 5 aromatic rings. The number of para-hydroxylation sites is 2. The number of thioether (sulfide) groups is 1.